The van der Waals surface area contributed by atoms with Crippen LogP contribution in [0, 0.1) is 0 Å². The zero-order chi connectivity index (χ0) is 29.2. The largest absolute Gasteiger partial charge is 0.491 e. The summed E-state index contributed by atoms with van der Waals surface area (Å²) in [4.78, 5) is 29.6. The number of carbonyl (C=O) groups is 2. The lowest BCUT2D eigenvalue weighted by Crippen LogP contribution is -2.42. The van der Waals surface area contributed by atoms with Crippen LogP contribution in [0.5, 0.6) is 5.75 Å². The van der Waals surface area contributed by atoms with E-state index in [1.807, 2.05) is 51.1 Å². The second-order valence-corrected chi connectivity index (χ2v) is 11.6. The molecule has 1 unspecified atom stereocenters. The highest BCUT2D eigenvalue weighted by molar-refractivity contribution is 6.11. The summed E-state index contributed by atoms with van der Waals surface area (Å²) < 4.78 is 55.9. The number of furan rings is 1. The number of hydrogen-bond acceptors (Lipinski definition) is 6. The molecule has 0 aliphatic carbocycles. The van der Waals surface area contributed by atoms with Gasteiger partial charge in [0.25, 0.3) is 0 Å². The van der Waals surface area contributed by atoms with Gasteiger partial charge in [-0.25, -0.2) is 4.79 Å². The van der Waals surface area contributed by atoms with Crippen LogP contribution in [0.25, 0.3) is 0 Å². The molecule has 1 saturated heterocycles. The van der Waals surface area contributed by atoms with Crippen molar-refractivity contribution in [3.63, 3.8) is 0 Å². The number of nitrogens with zero attached hydrogens (tertiary/aromatic N) is 2. The van der Waals surface area contributed by atoms with Crippen LogP contribution in [0.3, 0.4) is 0 Å². The minimum Gasteiger partial charge on any atom is -0.491 e. The Morgan fingerprint density at radius 2 is 1.88 bits per heavy atom. The van der Waals surface area contributed by atoms with Gasteiger partial charge in [-0.3, -0.25) is 4.79 Å². The van der Waals surface area contributed by atoms with Crippen LogP contribution in [0.15, 0.2) is 59.0 Å². The molecular weight excluding hydrogens is 539 g/mol. The van der Waals surface area contributed by atoms with Crippen molar-refractivity contribution in [3.05, 3.63) is 77.2 Å². The SMILES string of the molecule is CC(C)(C)OC(=O)N1CC[C@@H](Nc2ccc3c(c2)OCC32C(=O)N(Cc3ccc(C(F)(F)F)o3)c3ccccc32)C1. The van der Waals surface area contributed by atoms with Gasteiger partial charge in [0.2, 0.25) is 11.7 Å². The number of rotatable bonds is 4. The molecule has 8 nitrogen and oxygen atoms in total. The number of ether oxygens (including phenoxy) is 2. The molecule has 0 radical (unpaired) electrons. The van der Waals surface area contributed by atoms with E-state index in [2.05, 4.69) is 5.32 Å². The molecular formula is C30H30F3N3O5. The van der Waals surface area contributed by atoms with Crippen molar-refractivity contribution in [2.24, 2.45) is 0 Å². The van der Waals surface area contributed by atoms with Crippen LogP contribution in [0.4, 0.5) is 29.3 Å². The summed E-state index contributed by atoms with van der Waals surface area (Å²) >= 11 is 0. The zero-order valence-corrected chi connectivity index (χ0v) is 22.9. The third-order valence-corrected chi connectivity index (χ3v) is 7.62. The Kier molecular flexibility index (Phi) is 6.24. The number of nitrogens with one attached hydrogen (secondary N) is 1. The highest BCUT2D eigenvalue weighted by Crippen LogP contribution is 2.53. The first-order chi connectivity index (χ1) is 19.3. The lowest BCUT2D eigenvalue weighted by Gasteiger charge is -2.24. The number of likely N-dealkylation sites (tertiary alicyclic amines) is 1. The lowest BCUT2D eigenvalue weighted by molar-refractivity contribution is -0.153. The van der Waals surface area contributed by atoms with Crippen LogP contribution in [-0.4, -0.2) is 48.2 Å². The molecule has 3 aliphatic rings. The van der Waals surface area contributed by atoms with Crippen molar-refractivity contribution >= 4 is 23.4 Å². The topological polar surface area (TPSA) is 84.2 Å². The van der Waals surface area contributed by atoms with E-state index in [-0.39, 0.29) is 37.0 Å². The fourth-order valence-corrected chi connectivity index (χ4v) is 5.81. The Morgan fingerprint density at radius 1 is 1.10 bits per heavy atom. The predicted molar refractivity (Wildman–Crippen MR) is 144 cm³/mol. The van der Waals surface area contributed by atoms with Gasteiger partial charge < -0.3 is 29.0 Å². The first-order valence-electron chi connectivity index (χ1n) is 13.4. The Balaban J connectivity index is 1.22. The van der Waals surface area contributed by atoms with Gasteiger partial charge in [-0.15, -0.1) is 0 Å². The number of benzene rings is 2. The van der Waals surface area contributed by atoms with Gasteiger partial charge >= 0.3 is 12.3 Å². The molecule has 1 spiro atoms. The van der Waals surface area contributed by atoms with Gasteiger partial charge in [-0.1, -0.05) is 24.3 Å². The van der Waals surface area contributed by atoms with E-state index in [4.69, 9.17) is 13.9 Å². The standard InChI is InChI=1S/C30H30F3N3O5/c1-28(2,3)41-27(38)35-13-12-19(15-35)34-18-8-10-22-24(14-18)39-17-29(22)21-6-4-5-7-23(21)36(26(29)37)16-20-9-11-25(40-20)30(31,32)33/h4-11,14,19,34H,12-13,15-17H2,1-3H3/t19-,29?/m1/s1. The van der Waals surface area contributed by atoms with E-state index >= 15 is 0 Å². The van der Waals surface area contributed by atoms with E-state index in [0.717, 1.165) is 23.7 Å². The molecule has 1 aromatic heterocycles. The maximum absolute atomic E-state index is 14.0. The summed E-state index contributed by atoms with van der Waals surface area (Å²) in [6.45, 7) is 6.52. The Hall–Kier alpha value is -4.15. The van der Waals surface area contributed by atoms with Crippen LogP contribution < -0.4 is 15.0 Å². The predicted octanol–water partition coefficient (Wildman–Crippen LogP) is 5.95. The summed E-state index contributed by atoms with van der Waals surface area (Å²) in [6.07, 6.45) is -4.19. The number of hydrogen-bond donors (Lipinski definition) is 1. The van der Waals surface area contributed by atoms with Gasteiger partial charge in [-0.2, -0.15) is 13.2 Å². The van der Waals surface area contributed by atoms with Gasteiger partial charge in [0.1, 0.15) is 29.1 Å². The van der Waals surface area contributed by atoms with Crippen LogP contribution in [0.1, 0.15) is 49.8 Å². The number of fused-ring (bicyclic) bond motifs is 4. The van der Waals surface area contributed by atoms with Crippen molar-refractivity contribution in [2.45, 2.75) is 57.0 Å². The average molecular weight is 570 g/mol. The van der Waals surface area contributed by atoms with Crippen LogP contribution >= 0.6 is 0 Å². The number of carbonyl (C=O) groups excluding carboxylic acids is 2. The van der Waals surface area contributed by atoms with Gasteiger partial charge in [0, 0.05) is 42.1 Å². The molecule has 1 N–H and O–H groups in total. The molecule has 3 aliphatic heterocycles. The fourth-order valence-electron chi connectivity index (χ4n) is 5.81. The lowest BCUT2D eigenvalue weighted by atomic mass is 9.77. The molecule has 0 bridgehead atoms. The van der Waals surface area contributed by atoms with E-state index in [9.17, 15) is 22.8 Å². The number of halogens is 3. The van der Waals surface area contributed by atoms with Crippen molar-refractivity contribution in [3.8, 4) is 5.75 Å². The first kappa shape index (κ1) is 27.0. The van der Waals surface area contributed by atoms with Crippen molar-refractivity contribution in [1.29, 1.82) is 0 Å². The summed E-state index contributed by atoms with van der Waals surface area (Å²) in [6, 6.07) is 15.0. The summed E-state index contributed by atoms with van der Waals surface area (Å²) in [5, 5.41) is 3.45. The second-order valence-electron chi connectivity index (χ2n) is 11.6. The molecule has 2 aromatic carbocycles. The highest BCUT2D eigenvalue weighted by atomic mass is 19.4. The molecule has 2 atom stereocenters. The molecule has 41 heavy (non-hydrogen) atoms. The number of para-hydroxylation sites is 1. The minimum absolute atomic E-state index is 0.0233. The third-order valence-electron chi connectivity index (χ3n) is 7.62. The fraction of sp³-hybridized carbons (Fsp3) is 0.400. The van der Waals surface area contributed by atoms with E-state index in [1.165, 1.54) is 11.0 Å². The van der Waals surface area contributed by atoms with Crippen molar-refractivity contribution < 1.29 is 36.7 Å². The molecule has 2 amide bonds. The molecule has 6 rings (SSSR count). The van der Waals surface area contributed by atoms with Crippen LogP contribution in [-0.2, 0) is 27.7 Å². The van der Waals surface area contributed by atoms with Crippen LogP contribution in [0.2, 0.25) is 0 Å². The molecule has 0 saturated carbocycles. The summed E-state index contributed by atoms with van der Waals surface area (Å²) in [5.74, 6) is -0.798. The average Bonchev–Trinajstić information content (AvgIpc) is 3.67. The van der Waals surface area contributed by atoms with Gasteiger partial charge in [-0.05, 0) is 57.0 Å². The second kappa shape index (κ2) is 9.46. The van der Waals surface area contributed by atoms with Gasteiger partial charge in [0.15, 0.2) is 0 Å². The Morgan fingerprint density at radius 3 is 2.61 bits per heavy atom. The quantitative estimate of drug-likeness (QED) is 0.419. The molecule has 4 heterocycles. The molecule has 11 heteroatoms. The van der Waals surface area contributed by atoms with E-state index in [1.54, 1.807) is 17.0 Å². The normalized spacial score (nSPS) is 21.7. The first-order valence-corrected chi connectivity index (χ1v) is 13.4. The number of amides is 2. The van der Waals surface area contributed by atoms with E-state index in [0.29, 0.717) is 30.1 Å². The summed E-state index contributed by atoms with van der Waals surface area (Å²) in [5.41, 5.74) is 1.14. The highest BCUT2D eigenvalue weighted by Gasteiger charge is 2.57. The zero-order valence-electron chi connectivity index (χ0n) is 22.9. The molecule has 216 valence electrons. The van der Waals surface area contributed by atoms with E-state index < -0.39 is 23.0 Å². The maximum atomic E-state index is 14.0. The number of anilines is 2. The maximum Gasteiger partial charge on any atom is 0.449 e. The van der Waals surface area contributed by atoms with Crippen molar-refractivity contribution in [1.82, 2.24) is 4.90 Å². The van der Waals surface area contributed by atoms with Crippen molar-refractivity contribution in [2.75, 3.05) is 29.9 Å². The smallest absolute Gasteiger partial charge is 0.449 e. The third kappa shape index (κ3) is 4.76. The number of alkyl halides is 3. The Bertz CT molecular complexity index is 1510. The van der Waals surface area contributed by atoms with Gasteiger partial charge in [0.05, 0.1) is 6.54 Å². The monoisotopic (exact) mass is 569 g/mol. The minimum atomic E-state index is -4.61. The molecule has 1 fully saturated rings. The molecule has 3 aromatic rings. The summed E-state index contributed by atoms with van der Waals surface area (Å²) in [7, 11) is 0. The Labute approximate surface area is 235 Å².